The van der Waals surface area contributed by atoms with E-state index in [2.05, 4.69) is 15.3 Å². The van der Waals surface area contributed by atoms with Gasteiger partial charge in [-0.1, -0.05) is 48.5 Å². The highest BCUT2D eigenvalue weighted by atomic mass is 16.1. The van der Waals surface area contributed by atoms with Crippen molar-refractivity contribution in [3.63, 3.8) is 0 Å². The zero-order chi connectivity index (χ0) is 16.2. The summed E-state index contributed by atoms with van der Waals surface area (Å²) in [5.74, 6) is 0.423. The number of aromatic nitrogens is 2. The van der Waals surface area contributed by atoms with Crippen LogP contribution in [0.25, 0.3) is 11.4 Å². The fraction of sp³-hybridized carbons (Fsp3) is 0.105. The summed E-state index contributed by atoms with van der Waals surface area (Å²) in [5, 5.41) is 2.91. The van der Waals surface area contributed by atoms with Gasteiger partial charge >= 0.3 is 0 Å². The Kier molecular flexibility index (Phi) is 4.15. The van der Waals surface area contributed by atoms with Gasteiger partial charge in [0, 0.05) is 17.4 Å². The molecule has 2 aromatic carbocycles. The molecule has 1 N–H and O–H groups in total. The van der Waals surface area contributed by atoms with E-state index in [-0.39, 0.29) is 5.91 Å². The second-order valence-corrected chi connectivity index (χ2v) is 5.33. The average Bonchev–Trinajstić information content (AvgIpc) is 2.57. The number of amides is 1. The standard InChI is InChI=1S/C19H17N3O/c1-13-8-6-7-11-17(13)22-19(23)16-12-20-18(21-14(16)2)15-9-4-3-5-10-15/h3-12H,1-2H3,(H,22,23). The molecule has 114 valence electrons. The van der Waals surface area contributed by atoms with Gasteiger partial charge in [-0.05, 0) is 25.5 Å². The summed E-state index contributed by atoms with van der Waals surface area (Å²) < 4.78 is 0. The number of nitrogens with zero attached hydrogens (tertiary/aromatic N) is 2. The maximum atomic E-state index is 12.4. The van der Waals surface area contributed by atoms with Gasteiger partial charge in [-0.15, -0.1) is 0 Å². The van der Waals surface area contributed by atoms with Crippen LogP contribution in [0.5, 0.6) is 0 Å². The summed E-state index contributed by atoms with van der Waals surface area (Å²) in [6.07, 6.45) is 1.58. The Morgan fingerprint density at radius 2 is 1.65 bits per heavy atom. The molecule has 0 saturated carbocycles. The van der Waals surface area contributed by atoms with E-state index >= 15 is 0 Å². The Labute approximate surface area is 135 Å². The lowest BCUT2D eigenvalue weighted by atomic mass is 10.1. The summed E-state index contributed by atoms with van der Waals surface area (Å²) in [6.45, 7) is 3.78. The maximum absolute atomic E-state index is 12.4. The van der Waals surface area contributed by atoms with Crippen LogP contribution >= 0.6 is 0 Å². The van der Waals surface area contributed by atoms with Crippen molar-refractivity contribution in [3.8, 4) is 11.4 Å². The molecule has 4 heteroatoms. The van der Waals surface area contributed by atoms with Gasteiger partial charge in [-0.3, -0.25) is 4.79 Å². The summed E-state index contributed by atoms with van der Waals surface area (Å²) in [4.78, 5) is 21.2. The van der Waals surface area contributed by atoms with Crippen LogP contribution in [0.2, 0.25) is 0 Å². The van der Waals surface area contributed by atoms with Crippen molar-refractivity contribution in [2.24, 2.45) is 0 Å². The van der Waals surface area contributed by atoms with E-state index in [4.69, 9.17) is 0 Å². The quantitative estimate of drug-likeness (QED) is 0.795. The van der Waals surface area contributed by atoms with Gasteiger partial charge in [0.2, 0.25) is 0 Å². The van der Waals surface area contributed by atoms with Crippen molar-refractivity contribution in [2.45, 2.75) is 13.8 Å². The van der Waals surface area contributed by atoms with Crippen LogP contribution in [0, 0.1) is 13.8 Å². The molecule has 0 aliphatic heterocycles. The van der Waals surface area contributed by atoms with E-state index in [9.17, 15) is 4.79 Å². The fourth-order valence-corrected chi connectivity index (χ4v) is 2.32. The number of aryl methyl sites for hydroxylation is 2. The van der Waals surface area contributed by atoms with Gasteiger partial charge in [0.15, 0.2) is 5.82 Å². The van der Waals surface area contributed by atoms with Crippen molar-refractivity contribution < 1.29 is 4.79 Å². The molecule has 1 aromatic heterocycles. The second-order valence-electron chi connectivity index (χ2n) is 5.33. The van der Waals surface area contributed by atoms with Crippen molar-refractivity contribution >= 4 is 11.6 Å². The zero-order valence-corrected chi connectivity index (χ0v) is 13.1. The van der Waals surface area contributed by atoms with E-state index < -0.39 is 0 Å². The number of carbonyl (C=O) groups excluding carboxylic acids is 1. The normalized spacial score (nSPS) is 10.3. The number of benzene rings is 2. The summed E-state index contributed by atoms with van der Waals surface area (Å²) >= 11 is 0. The molecule has 0 saturated heterocycles. The van der Waals surface area contributed by atoms with Crippen molar-refractivity contribution in [3.05, 3.63) is 77.6 Å². The van der Waals surface area contributed by atoms with Gasteiger partial charge in [-0.2, -0.15) is 0 Å². The van der Waals surface area contributed by atoms with Crippen LogP contribution in [-0.2, 0) is 0 Å². The molecule has 0 atom stereocenters. The first-order valence-electron chi connectivity index (χ1n) is 7.41. The molecule has 1 heterocycles. The van der Waals surface area contributed by atoms with Crippen molar-refractivity contribution in [2.75, 3.05) is 5.32 Å². The Hall–Kier alpha value is -3.01. The molecule has 0 bridgehead atoms. The predicted molar refractivity (Wildman–Crippen MR) is 91.3 cm³/mol. The van der Waals surface area contributed by atoms with E-state index in [0.717, 1.165) is 16.8 Å². The Balaban J connectivity index is 1.86. The van der Waals surface area contributed by atoms with Gasteiger partial charge in [0.05, 0.1) is 11.3 Å². The van der Waals surface area contributed by atoms with E-state index in [1.54, 1.807) is 6.20 Å². The van der Waals surface area contributed by atoms with Crippen molar-refractivity contribution in [1.29, 1.82) is 0 Å². The second kappa shape index (κ2) is 6.40. The fourth-order valence-electron chi connectivity index (χ4n) is 2.32. The third-order valence-electron chi connectivity index (χ3n) is 3.65. The van der Waals surface area contributed by atoms with Gasteiger partial charge in [0.1, 0.15) is 0 Å². The average molecular weight is 303 g/mol. The topological polar surface area (TPSA) is 54.9 Å². The zero-order valence-electron chi connectivity index (χ0n) is 13.1. The molecule has 0 spiro atoms. The number of rotatable bonds is 3. The minimum Gasteiger partial charge on any atom is -0.322 e. The lowest BCUT2D eigenvalue weighted by Gasteiger charge is -2.10. The molecule has 23 heavy (non-hydrogen) atoms. The molecular weight excluding hydrogens is 286 g/mol. The third-order valence-corrected chi connectivity index (χ3v) is 3.65. The summed E-state index contributed by atoms with van der Waals surface area (Å²) in [5.41, 5.74) is 3.88. The molecule has 1 amide bonds. The SMILES string of the molecule is Cc1ccccc1NC(=O)c1cnc(-c2ccccc2)nc1C. The van der Waals surface area contributed by atoms with Crippen LogP contribution in [0.3, 0.4) is 0 Å². The van der Waals surface area contributed by atoms with Crippen LogP contribution in [0.1, 0.15) is 21.6 Å². The van der Waals surface area contributed by atoms with Gasteiger partial charge < -0.3 is 5.32 Å². The smallest absolute Gasteiger partial charge is 0.259 e. The molecule has 0 unspecified atom stereocenters. The first kappa shape index (κ1) is 14.9. The highest BCUT2D eigenvalue weighted by Gasteiger charge is 2.13. The largest absolute Gasteiger partial charge is 0.322 e. The maximum Gasteiger partial charge on any atom is 0.259 e. The highest BCUT2D eigenvalue weighted by Crippen LogP contribution is 2.18. The Morgan fingerprint density at radius 1 is 0.957 bits per heavy atom. The first-order chi connectivity index (χ1) is 11.1. The van der Waals surface area contributed by atoms with E-state index in [0.29, 0.717) is 17.1 Å². The van der Waals surface area contributed by atoms with Gasteiger partial charge in [0.25, 0.3) is 5.91 Å². The van der Waals surface area contributed by atoms with E-state index in [1.165, 1.54) is 0 Å². The monoisotopic (exact) mass is 303 g/mol. The molecule has 4 nitrogen and oxygen atoms in total. The van der Waals surface area contributed by atoms with Crippen LogP contribution in [-0.4, -0.2) is 15.9 Å². The van der Waals surface area contributed by atoms with Crippen LogP contribution in [0.15, 0.2) is 60.8 Å². The molecule has 0 fully saturated rings. The minimum absolute atomic E-state index is 0.198. The van der Waals surface area contributed by atoms with E-state index in [1.807, 2.05) is 68.4 Å². The Morgan fingerprint density at radius 3 is 2.35 bits per heavy atom. The van der Waals surface area contributed by atoms with Crippen molar-refractivity contribution in [1.82, 2.24) is 9.97 Å². The molecular formula is C19H17N3O. The number of nitrogens with one attached hydrogen (secondary N) is 1. The van der Waals surface area contributed by atoms with Crippen LogP contribution < -0.4 is 5.32 Å². The van der Waals surface area contributed by atoms with Gasteiger partial charge in [-0.25, -0.2) is 9.97 Å². The molecule has 3 aromatic rings. The third kappa shape index (κ3) is 3.26. The number of anilines is 1. The summed E-state index contributed by atoms with van der Waals surface area (Å²) in [7, 11) is 0. The van der Waals surface area contributed by atoms with Crippen LogP contribution in [0.4, 0.5) is 5.69 Å². The number of carbonyl (C=O) groups is 1. The Bertz CT molecular complexity index is 844. The highest BCUT2D eigenvalue weighted by molar-refractivity contribution is 6.05. The molecule has 3 rings (SSSR count). The molecule has 0 aliphatic rings. The lowest BCUT2D eigenvalue weighted by Crippen LogP contribution is -2.15. The molecule has 0 radical (unpaired) electrons. The predicted octanol–water partition coefficient (Wildman–Crippen LogP) is 4.01. The number of hydrogen-bond donors (Lipinski definition) is 1. The first-order valence-corrected chi connectivity index (χ1v) is 7.41. The summed E-state index contributed by atoms with van der Waals surface area (Å²) in [6, 6.07) is 17.4. The number of para-hydroxylation sites is 1. The number of hydrogen-bond acceptors (Lipinski definition) is 3. The lowest BCUT2D eigenvalue weighted by molar-refractivity contribution is 0.102. The molecule has 0 aliphatic carbocycles. The minimum atomic E-state index is -0.198.